The van der Waals surface area contributed by atoms with Crippen LogP contribution in [0.1, 0.15) is 33.3 Å². The van der Waals surface area contributed by atoms with Crippen molar-refractivity contribution in [2.24, 2.45) is 11.8 Å². The first kappa shape index (κ1) is 18.7. The molecule has 0 aliphatic rings. The minimum absolute atomic E-state index is 0.201. The molecule has 0 aliphatic carbocycles. The molecule has 0 unspecified atom stereocenters. The van der Waals surface area contributed by atoms with Crippen molar-refractivity contribution >= 4 is 22.6 Å². The van der Waals surface area contributed by atoms with E-state index >= 15 is 0 Å². The molecule has 21 heavy (non-hydrogen) atoms. The number of hydrogen-bond donors (Lipinski definition) is 0. The molecule has 1 aromatic rings. The Hall–Kier alpha value is -0.390. The van der Waals surface area contributed by atoms with Crippen LogP contribution in [0.3, 0.4) is 0 Å². The van der Waals surface area contributed by atoms with Crippen LogP contribution in [-0.2, 0) is 16.1 Å². The summed E-state index contributed by atoms with van der Waals surface area (Å²) < 4.78 is 12.7. The fourth-order valence-corrected chi connectivity index (χ4v) is 2.90. The molecule has 3 atom stereocenters. The summed E-state index contributed by atoms with van der Waals surface area (Å²) in [7, 11) is 0. The van der Waals surface area contributed by atoms with E-state index < -0.39 is 0 Å². The summed E-state index contributed by atoms with van der Waals surface area (Å²) in [6.07, 6.45) is 2.48. The first-order valence-electron chi connectivity index (χ1n) is 7.48. The predicted octanol–water partition coefficient (Wildman–Crippen LogP) is 5.22. The molecule has 0 aromatic heterocycles. The van der Waals surface area contributed by atoms with E-state index in [0.29, 0.717) is 25.2 Å². The Kier molecular flexibility index (Phi) is 9.20. The van der Waals surface area contributed by atoms with Gasteiger partial charge >= 0.3 is 0 Å². The molecule has 0 saturated carbocycles. The van der Waals surface area contributed by atoms with Crippen LogP contribution in [0.4, 0.5) is 0 Å². The average molecular weight is 402 g/mol. The SMILES string of the molecule is CC(C)=C[C@H](C)[C@@H](OCOCc1ccccc1)[C@@H](C)CI. The molecule has 0 amide bonds. The summed E-state index contributed by atoms with van der Waals surface area (Å²) >= 11 is 2.42. The van der Waals surface area contributed by atoms with Crippen molar-refractivity contribution in [1.82, 2.24) is 0 Å². The third kappa shape index (κ3) is 7.43. The quantitative estimate of drug-likeness (QED) is 0.185. The standard InChI is InChI=1S/C18H27IO2/c1-14(2)10-15(3)18(16(4)11-19)21-13-20-12-17-8-6-5-7-9-17/h5-10,15-16,18H,11-13H2,1-4H3/t15-,16-,18+/m0/s1. The summed E-state index contributed by atoms with van der Waals surface area (Å²) in [5.41, 5.74) is 2.51. The second-order valence-corrected chi connectivity index (χ2v) is 6.70. The van der Waals surface area contributed by atoms with E-state index in [0.717, 1.165) is 4.43 Å². The van der Waals surface area contributed by atoms with E-state index in [9.17, 15) is 0 Å². The third-order valence-electron chi connectivity index (χ3n) is 3.37. The molecule has 0 N–H and O–H groups in total. The zero-order valence-corrected chi connectivity index (χ0v) is 15.7. The van der Waals surface area contributed by atoms with Crippen LogP contribution < -0.4 is 0 Å². The summed E-state index contributed by atoms with van der Waals surface area (Å²) in [6, 6.07) is 10.2. The smallest absolute Gasteiger partial charge is 0.147 e. The molecule has 0 saturated heterocycles. The first-order valence-corrected chi connectivity index (χ1v) is 9.01. The lowest BCUT2D eigenvalue weighted by molar-refractivity contribution is -0.118. The molecule has 1 aromatic carbocycles. The van der Waals surface area contributed by atoms with Gasteiger partial charge in [-0.05, 0) is 25.3 Å². The zero-order chi connectivity index (χ0) is 15.7. The van der Waals surface area contributed by atoms with Gasteiger partial charge in [0, 0.05) is 10.3 Å². The number of benzene rings is 1. The van der Waals surface area contributed by atoms with Crippen LogP contribution in [0.15, 0.2) is 42.0 Å². The van der Waals surface area contributed by atoms with Crippen molar-refractivity contribution in [3.05, 3.63) is 47.5 Å². The highest BCUT2D eigenvalue weighted by molar-refractivity contribution is 14.1. The summed E-state index contributed by atoms with van der Waals surface area (Å²) in [5, 5.41) is 0. The van der Waals surface area contributed by atoms with Gasteiger partial charge in [0.2, 0.25) is 0 Å². The lowest BCUT2D eigenvalue weighted by atomic mass is 9.93. The summed E-state index contributed by atoms with van der Waals surface area (Å²) in [5.74, 6) is 0.914. The number of ether oxygens (including phenoxy) is 2. The maximum atomic E-state index is 6.01. The second-order valence-electron chi connectivity index (χ2n) is 5.82. The van der Waals surface area contributed by atoms with Crippen molar-refractivity contribution in [2.45, 2.75) is 40.4 Å². The van der Waals surface area contributed by atoms with Crippen LogP contribution in [0, 0.1) is 11.8 Å². The van der Waals surface area contributed by atoms with Crippen LogP contribution >= 0.6 is 22.6 Å². The van der Waals surface area contributed by atoms with Crippen LogP contribution in [0.2, 0.25) is 0 Å². The lowest BCUT2D eigenvalue weighted by Crippen LogP contribution is -2.30. The van der Waals surface area contributed by atoms with Crippen molar-refractivity contribution in [3.63, 3.8) is 0 Å². The Morgan fingerprint density at radius 1 is 1.19 bits per heavy atom. The van der Waals surface area contributed by atoms with Crippen molar-refractivity contribution in [1.29, 1.82) is 0 Å². The van der Waals surface area contributed by atoms with E-state index in [1.807, 2.05) is 18.2 Å². The molecule has 3 heteroatoms. The molecule has 0 spiro atoms. The highest BCUT2D eigenvalue weighted by Gasteiger charge is 2.22. The van der Waals surface area contributed by atoms with Crippen LogP contribution in [0.25, 0.3) is 0 Å². The van der Waals surface area contributed by atoms with Gasteiger partial charge in [0.15, 0.2) is 0 Å². The van der Waals surface area contributed by atoms with E-state index in [2.05, 4.69) is 68.5 Å². The van der Waals surface area contributed by atoms with E-state index in [-0.39, 0.29) is 6.10 Å². The summed E-state index contributed by atoms with van der Waals surface area (Å²) in [6.45, 7) is 9.67. The van der Waals surface area contributed by atoms with Gasteiger partial charge in [-0.2, -0.15) is 0 Å². The van der Waals surface area contributed by atoms with Gasteiger partial charge in [-0.15, -0.1) is 0 Å². The van der Waals surface area contributed by atoms with E-state index in [1.54, 1.807) is 0 Å². The zero-order valence-electron chi connectivity index (χ0n) is 13.5. The molecular formula is C18H27IO2. The van der Waals surface area contributed by atoms with Gasteiger partial charge in [0.25, 0.3) is 0 Å². The maximum absolute atomic E-state index is 6.01. The fraction of sp³-hybridized carbons (Fsp3) is 0.556. The Morgan fingerprint density at radius 3 is 2.43 bits per heavy atom. The molecule has 2 nitrogen and oxygen atoms in total. The van der Waals surface area contributed by atoms with Gasteiger partial charge < -0.3 is 9.47 Å². The van der Waals surface area contributed by atoms with Crippen LogP contribution in [-0.4, -0.2) is 17.3 Å². The van der Waals surface area contributed by atoms with E-state index in [1.165, 1.54) is 11.1 Å². The Morgan fingerprint density at radius 2 is 1.86 bits per heavy atom. The van der Waals surface area contributed by atoms with Crippen molar-refractivity contribution < 1.29 is 9.47 Å². The number of alkyl halides is 1. The number of halogens is 1. The topological polar surface area (TPSA) is 18.5 Å². The highest BCUT2D eigenvalue weighted by Crippen LogP contribution is 2.21. The van der Waals surface area contributed by atoms with Gasteiger partial charge in [-0.25, -0.2) is 0 Å². The minimum atomic E-state index is 0.201. The van der Waals surface area contributed by atoms with Gasteiger partial charge in [0.1, 0.15) is 6.79 Å². The monoisotopic (exact) mass is 402 g/mol. The number of hydrogen-bond acceptors (Lipinski definition) is 2. The maximum Gasteiger partial charge on any atom is 0.147 e. The summed E-state index contributed by atoms with van der Waals surface area (Å²) in [4.78, 5) is 0. The van der Waals surface area contributed by atoms with Gasteiger partial charge in [-0.1, -0.05) is 78.4 Å². The number of rotatable bonds is 9. The first-order chi connectivity index (χ1) is 10.0. The highest BCUT2D eigenvalue weighted by atomic mass is 127. The molecule has 0 heterocycles. The fourth-order valence-electron chi connectivity index (χ4n) is 2.40. The molecule has 0 bridgehead atoms. The Balaban J connectivity index is 2.44. The van der Waals surface area contributed by atoms with Crippen molar-refractivity contribution in [2.75, 3.05) is 11.2 Å². The lowest BCUT2D eigenvalue weighted by Gasteiger charge is -2.27. The molecule has 0 aliphatic heterocycles. The van der Waals surface area contributed by atoms with Gasteiger partial charge in [0.05, 0.1) is 12.7 Å². The normalized spacial score (nSPS) is 15.3. The molecule has 1 rings (SSSR count). The molecule has 0 fully saturated rings. The molecule has 0 radical (unpaired) electrons. The Bertz CT molecular complexity index is 412. The minimum Gasteiger partial charge on any atom is -0.351 e. The second kappa shape index (κ2) is 10.4. The number of allylic oxidation sites excluding steroid dienone is 1. The van der Waals surface area contributed by atoms with Crippen molar-refractivity contribution in [3.8, 4) is 0 Å². The largest absolute Gasteiger partial charge is 0.351 e. The van der Waals surface area contributed by atoms with Crippen LogP contribution in [0.5, 0.6) is 0 Å². The molecular weight excluding hydrogens is 375 g/mol. The Labute approximate surface area is 143 Å². The molecule has 118 valence electrons. The predicted molar refractivity (Wildman–Crippen MR) is 97.6 cm³/mol. The average Bonchev–Trinajstić information content (AvgIpc) is 2.46. The van der Waals surface area contributed by atoms with Gasteiger partial charge in [-0.3, -0.25) is 0 Å². The third-order valence-corrected chi connectivity index (χ3v) is 4.76. The van der Waals surface area contributed by atoms with E-state index in [4.69, 9.17) is 9.47 Å².